The molecule has 0 atom stereocenters. The number of carbonyl (C=O) groups excluding carboxylic acids is 2. The van der Waals surface area contributed by atoms with Crippen LogP contribution in [0.2, 0.25) is 0 Å². The molecule has 1 saturated carbocycles. The van der Waals surface area contributed by atoms with Gasteiger partial charge in [-0.15, -0.1) is 0 Å². The third kappa shape index (κ3) is 5.86. The lowest BCUT2D eigenvalue weighted by molar-refractivity contribution is -0.137. The van der Waals surface area contributed by atoms with Crippen LogP contribution in [0.3, 0.4) is 0 Å². The van der Waals surface area contributed by atoms with E-state index in [1.54, 1.807) is 0 Å². The summed E-state index contributed by atoms with van der Waals surface area (Å²) in [5.41, 5.74) is 1.38. The van der Waals surface area contributed by atoms with Crippen LogP contribution < -0.4 is 5.32 Å². The van der Waals surface area contributed by atoms with Gasteiger partial charge in [0.1, 0.15) is 6.42 Å². The van der Waals surface area contributed by atoms with Gasteiger partial charge >= 0.3 is 0 Å². The molecule has 1 saturated heterocycles. The van der Waals surface area contributed by atoms with Gasteiger partial charge in [0.15, 0.2) is 0 Å². The highest BCUT2D eigenvalue weighted by molar-refractivity contribution is 5.97. The summed E-state index contributed by atoms with van der Waals surface area (Å²) in [6, 6.07) is 10.8. The molecule has 3 rings (SSSR count). The molecule has 0 aromatic heterocycles. The SMILES string of the molecule is O=C(CC(=O)N1CCC(Cc2ccccc2)CC1)NC1CCCCCC1. The van der Waals surface area contributed by atoms with E-state index in [0.29, 0.717) is 5.92 Å². The van der Waals surface area contributed by atoms with Gasteiger partial charge in [-0.1, -0.05) is 56.0 Å². The van der Waals surface area contributed by atoms with Gasteiger partial charge in [0.05, 0.1) is 0 Å². The van der Waals surface area contributed by atoms with Crippen LogP contribution in [0.5, 0.6) is 0 Å². The summed E-state index contributed by atoms with van der Waals surface area (Å²) in [5, 5.41) is 3.08. The molecule has 0 spiro atoms. The fraction of sp³-hybridized carbons (Fsp3) is 0.636. The van der Waals surface area contributed by atoms with Gasteiger partial charge in [0.2, 0.25) is 11.8 Å². The van der Waals surface area contributed by atoms with Crippen molar-refractivity contribution < 1.29 is 9.59 Å². The van der Waals surface area contributed by atoms with Crippen molar-refractivity contribution in [3.05, 3.63) is 35.9 Å². The molecular formula is C22H32N2O2. The summed E-state index contributed by atoms with van der Waals surface area (Å²) in [7, 11) is 0. The Hall–Kier alpha value is -1.84. The summed E-state index contributed by atoms with van der Waals surface area (Å²) >= 11 is 0. The number of likely N-dealkylation sites (tertiary alicyclic amines) is 1. The van der Waals surface area contributed by atoms with Gasteiger partial charge in [0.25, 0.3) is 0 Å². The maximum Gasteiger partial charge on any atom is 0.232 e. The van der Waals surface area contributed by atoms with Gasteiger partial charge in [-0.2, -0.15) is 0 Å². The molecule has 1 heterocycles. The summed E-state index contributed by atoms with van der Waals surface area (Å²) in [6.07, 6.45) is 10.2. The number of piperidine rings is 1. The van der Waals surface area contributed by atoms with E-state index >= 15 is 0 Å². The Balaban J connectivity index is 1.38. The van der Waals surface area contributed by atoms with Crippen LogP contribution in [0.4, 0.5) is 0 Å². The summed E-state index contributed by atoms with van der Waals surface area (Å²) in [4.78, 5) is 26.6. The number of carbonyl (C=O) groups is 2. The Labute approximate surface area is 157 Å². The van der Waals surface area contributed by atoms with Gasteiger partial charge in [-0.3, -0.25) is 9.59 Å². The monoisotopic (exact) mass is 356 g/mol. The van der Waals surface area contributed by atoms with Crippen molar-refractivity contribution >= 4 is 11.8 Å². The lowest BCUT2D eigenvalue weighted by atomic mass is 9.90. The Kier molecular flexibility index (Phi) is 7.10. The topological polar surface area (TPSA) is 49.4 Å². The number of rotatable bonds is 5. The first-order valence-electron chi connectivity index (χ1n) is 10.3. The van der Waals surface area contributed by atoms with Crippen LogP contribution in [0, 0.1) is 5.92 Å². The third-order valence-corrected chi connectivity index (χ3v) is 5.87. The number of hydrogen-bond donors (Lipinski definition) is 1. The molecule has 1 aliphatic carbocycles. The number of benzene rings is 1. The first kappa shape index (κ1) is 18.9. The molecule has 2 aliphatic rings. The van der Waals surface area contributed by atoms with Crippen molar-refractivity contribution in [3.8, 4) is 0 Å². The first-order chi connectivity index (χ1) is 12.7. The van der Waals surface area contributed by atoms with E-state index in [0.717, 1.165) is 45.2 Å². The van der Waals surface area contributed by atoms with Crippen LogP contribution in [0.15, 0.2) is 30.3 Å². The van der Waals surface area contributed by atoms with E-state index in [4.69, 9.17) is 0 Å². The molecular weight excluding hydrogens is 324 g/mol. The number of nitrogens with zero attached hydrogens (tertiary/aromatic N) is 1. The van der Waals surface area contributed by atoms with Crippen molar-refractivity contribution in [3.63, 3.8) is 0 Å². The summed E-state index contributed by atoms with van der Waals surface area (Å²) in [6.45, 7) is 1.57. The molecule has 142 valence electrons. The molecule has 2 amide bonds. The second kappa shape index (κ2) is 9.75. The Morgan fingerprint density at radius 3 is 2.23 bits per heavy atom. The fourth-order valence-electron chi connectivity index (χ4n) is 4.29. The quantitative estimate of drug-likeness (QED) is 0.646. The van der Waals surface area contributed by atoms with Crippen molar-refractivity contribution in [2.75, 3.05) is 13.1 Å². The van der Waals surface area contributed by atoms with Gasteiger partial charge in [-0.05, 0) is 43.6 Å². The molecule has 0 unspecified atom stereocenters. The van der Waals surface area contributed by atoms with Crippen LogP contribution in [0.1, 0.15) is 63.4 Å². The number of hydrogen-bond acceptors (Lipinski definition) is 2. The summed E-state index contributed by atoms with van der Waals surface area (Å²) < 4.78 is 0. The highest BCUT2D eigenvalue weighted by Crippen LogP contribution is 2.22. The van der Waals surface area contributed by atoms with Crippen LogP contribution in [0.25, 0.3) is 0 Å². The highest BCUT2D eigenvalue weighted by Gasteiger charge is 2.25. The van der Waals surface area contributed by atoms with Crippen molar-refractivity contribution in [2.24, 2.45) is 5.92 Å². The maximum absolute atomic E-state index is 12.4. The lowest BCUT2D eigenvalue weighted by Gasteiger charge is -2.32. The van der Waals surface area contributed by atoms with Gasteiger partial charge in [0, 0.05) is 19.1 Å². The first-order valence-corrected chi connectivity index (χ1v) is 10.3. The molecule has 4 nitrogen and oxygen atoms in total. The molecule has 1 aliphatic heterocycles. The van der Waals surface area contributed by atoms with E-state index in [1.165, 1.54) is 31.2 Å². The zero-order valence-electron chi connectivity index (χ0n) is 15.8. The standard InChI is InChI=1S/C22H32N2O2/c25-21(23-20-10-6-1-2-7-11-20)17-22(26)24-14-12-19(13-15-24)16-18-8-4-3-5-9-18/h3-5,8-9,19-20H,1-2,6-7,10-17H2,(H,23,25). The normalized spacial score (nSPS) is 19.8. The predicted octanol–water partition coefficient (Wildman–Crippen LogP) is 3.70. The maximum atomic E-state index is 12.4. The molecule has 4 heteroatoms. The molecule has 1 N–H and O–H groups in total. The van der Waals surface area contributed by atoms with Crippen molar-refractivity contribution in [1.82, 2.24) is 10.2 Å². The van der Waals surface area contributed by atoms with Gasteiger partial charge < -0.3 is 10.2 Å². The number of amides is 2. The van der Waals surface area contributed by atoms with E-state index < -0.39 is 0 Å². The largest absolute Gasteiger partial charge is 0.353 e. The molecule has 26 heavy (non-hydrogen) atoms. The van der Waals surface area contributed by atoms with E-state index in [1.807, 2.05) is 11.0 Å². The smallest absolute Gasteiger partial charge is 0.232 e. The van der Waals surface area contributed by atoms with E-state index in [-0.39, 0.29) is 24.3 Å². The molecule has 0 bridgehead atoms. The van der Waals surface area contributed by atoms with Crippen LogP contribution >= 0.6 is 0 Å². The fourth-order valence-corrected chi connectivity index (χ4v) is 4.29. The Bertz CT molecular complexity index is 571. The zero-order chi connectivity index (χ0) is 18.2. The highest BCUT2D eigenvalue weighted by atomic mass is 16.2. The summed E-state index contributed by atoms with van der Waals surface area (Å²) in [5.74, 6) is 0.545. The molecule has 0 radical (unpaired) electrons. The minimum Gasteiger partial charge on any atom is -0.353 e. The minimum absolute atomic E-state index is 0.00529. The lowest BCUT2D eigenvalue weighted by Crippen LogP contribution is -2.42. The van der Waals surface area contributed by atoms with Crippen molar-refractivity contribution in [2.45, 2.75) is 70.3 Å². The van der Waals surface area contributed by atoms with Gasteiger partial charge in [-0.25, -0.2) is 0 Å². The second-order valence-corrected chi connectivity index (χ2v) is 7.95. The zero-order valence-corrected chi connectivity index (χ0v) is 15.8. The minimum atomic E-state index is -0.0895. The van der Waals surface area contributed by atoms with Crippen LogP contribution in [-0.4, -0.2) is 35.8 Å². The Morgan fingerprint density at radius 1 is 0.923 bits per heavy atom. The predicted molar refractivity (Wildman–Crippen MR) is 104 cm³/mol. The second-order valence-electron chi connectivity index (χ2n) is 7.95. The van der Waals surface area contributed by atoms with E-state index in [9.17, 15) is 9.59 Å². The third-order valence-electron chi connectivity index (χ3n) is 5.87. The average Bonchev–Trinajstić information content (AvgIpc) is 2.91. The van der Waals surface area contributed by atoms with Crippen molar-refractivity contribution in [1.29, 1.82) is 0 Å². The Morgan fingerprint density at radius 2 is 1.58 bits per heavy atom. The molecule has 1 aromatic rings. The van der Waals surface area contributed by atoms with Crippen LogP contribution in [-0.2, 0) is 16.0 Å². The van der Waals surface area contributed by atoms with E-state index in [2.05, 4.69) is 29.6 Å². The average molecular weight is 357 g/mol. The molecule has 1 aromatic carbocycles. The number of nitrogens with one attached hydrogen (secondary N) is 1. The molecule has 2 fully saturated rings.